The first-order chi connectivity index (χ1) is 9.15. The molecule has 0 saturated carbocycles. The smallest absolute Gasteiger partial charge is 0.310 e. The monoisotopic (exact) mass is 259 g/mol. The first kappa shape index (κ1) is 11.6. The van der Waals surface area contributed by atoms with E-state index in [1.807, 2.05) is 13.1 Å². The van der Waals surface area contributed by atoms with Crippen LogP contribution in [0.3, 0.4) is 0 Å². The molecular weight excluding hydrogens is 246 g/mol. The highest BCUT2D eigenvalue weighted by atomic mass is 16.4. The lowest BCUT2D eigenvalue weighted by atomic mass is 10.1. The predicted octanol–water partition coefficient (Wildman–Crippen LogP) is 0.804. The van der Waals surface area contributed by atoms with Crippen LogP contribution in [0.25, 0.3) is 11.0 Å². The number of fused-ring (bicyclic) bond motifs is 1. The number of aromatic nitrogens is 4. The zero-order chi connectivity index (χ0) is 13.4. The third kappa shape index (κ3) is 2.03. The van der Waals surface area contributed by atoms with Crippen molar-refractivity contribution in [2.45, 2.75) is 12.5 Å². The van der Waals surface area contributed by atoms with Crippen LogP contribution in [0.4, 0.5) is 5.82 Å². The fourth-order valence-corrected chi connectivity index (χ4v) is 2.24. The first-order valence-electron chi connectivity index (χ1n) is 5.95. The average Bonchev–Trinajstić information content (AvgIpc) is 2.98. The number of rotatable bonds is 3. The lowest BCUT2D eigenvalue weighted by molar-refractivity contribution is -0.140. The molecule has 98 valence electrons. The van der Waals surface area contributed by atoms with Crippen molar-refractivity contribution in [2.24, 2.45) is 13.0 Å². The van der Waals surface area contributed by atoms with Gasteiger partial charge < -0.3 is 10.4 Å². The second kappa shape index (κ2) is 4.34. The van der Waals surface area contributed by atoms with Crippen molar-refractivity contribution in [3.8, 4) is 0 Å². The molecule has 0 aromatic carbocycles. The Morgan fingerprint density at radius 1 is 1.47 bits per heavy atom. The molecule has 0 amide bonds. The molecule has 2 heterocycles. The van der Waals surface area contributed by atoms with Crippen LogP contribution in [0, 0.1) is 5.92 Å². The van der Waals surface area contributed by atoms with Gasteiger partial charge in [0.05, 0.1) is 17.5 Å². The number of carbonyl (C=O) groups is 1. The average molecular weight is 259 g/mol. The van der Waals surface area contributed by atoms with E-state index in [0.29, 0.717) is 12.2 Å². The molecule has 0 spiro atoms. The molecule has 7 heteroatoms. The lowest BCUT2D eigenvalue weighted by Crippen LogP contribution is -2.19. The summed E-state index contributed by atoms with van der Waals surface area (Å²) in [4.78, 5) is 19.3. The predicted molar refractivity (Wildman–Crippen MR) is 68.6 cm³/mol. The van der Waals surface area contributed by atoms with E-state index in [1.165, 1.54) is 6.33 Å². The summed E-state index contributed by atoms with van der Waals surface area (Å²) in [6.45, 7) is 0. The number of aliphatic carboxylic acids is 1. The summed E-state index contributed by atoms with van der Waals surface area (Å²) in [7, 11) is 1.81. The van der Waals surface area contributed by atoms with E-state index in [0.717, 1.165) is 11.0 Å². The summed E-state index contributed by atoms with van der Waals surface area (Å²) in [6.07, 6.45) is 7.27. The molecule has 7 nitrogen and oxygen atoms in total. The molecule has 1 aliphatic carbocycles. The van der Waals surface area contributed by atoms with Gasteiger partial charge in [0.2, 0.25) is 0 Å². The van der Waals surface area contributed by atoms with Gasteiger partial charge in [-0.3, -0.25) is 9.48 Å². The Morgan fingerprint density at radius 3 is 3.05 bits per heavy atom. The summed E-state index contributed by atoms with van der Waals surface area (Å²) in [5, 5.41) is 17.1. The number of carboxylic acids is 1. The van der Waals surface area contributed by atoms with Gasteiger partial charge in [0, 0.05) is 13.1 Å². The summed E-state index contributed by atoms with van der Waals surface area (Å²) >= 11 is 0. The normalized spacial score (nSPS) is 21.9. The van der Waals surface area contributed by atoms with Crippen molar-refractivity contribution in [1.82, 2.24) is 19.7 Å². The molecule has 2 unspecified atom stereocenters. The van der Waals surface area contributed by atoms with Gasteiger partial charge in [-0.2, -0.15) is 5.10 Å². The van der Waals surface area contributed by atoms with Gasteiger partial charge in [0.1, 0.15) is 12.1 Å². The molecule has 2 aromatic rings. The molecule has 0 radical (unpaired) electrons. The van der Waals surface area contributed by atoms with E-state index in [-0.39, 0.29) is 6.04 Å². The standard InChI is InChI=1S/C12H13N5O2/c1-17-11-9(5-15-17)10(13-6-14-11)16-8-3-2-7(4-8)12(18)19/h2-3,5-8H,4H2,1H3,(H,18,19)(H,13,14,16). The quantitative estimate of drug-likeness (QED) is 0.792. The maximum absolute atomic E-state index is 10.9. The van der Waals surface area contributed by atoms with Crippen LogP contribution >= 0.6 is 0 Å². The summed E-state index contributed by atoms with van der Waals surface area (Å²) in [5.74, 6) is -0.544. The Bertz CT molecular complexity index is 663. The second-order valence-electron chi connectivity index (χ2n) is 4.54. The Morgan fingerprint density at radius 2 is 2.32 bits per heavy atom. The van der Waals surface area contributed by atoms with E-state index in [9.17, 15) is 4.79 Å². The SMILES string of the molecule is Cn1ncc2c(NC3C=CC(C(=O)O)C3)ncnc21. The molecule has 3 rings (SSSR count). The number of hydrogen-bond acceptors (Lipinski definition) is 5. The van der Waals surface area contributed by atoms with Crippen LogP contribution in [0.1, 0.15) is 6.42 Å². The van der Waals surface area contributed by atoms with Gasteiger partial charge in [0.15, 0.2) is 5.65 Å². The van der Waals surface area contributed by atoms with Crippen LogP contribution < -0.4 is 5.32 Å². The molecule has 0 bridgehead atoms. The molecule has 2 N–H and O–H groups in total. The number of hydrogen-bond donors (Lipinski definition) is 2. The van der Waals surface area contributed by atoms with Crippen molar-refractivity contribution < 1.29 is 9.90 Å². The molecular formula is C12H13N5O2. The molecule has 19 heavy (non-hydrogen) atoms. The van der Waals surface area contributed by atoms with Crippen LogP contribution in [0.2, 0.25) is 0 Å². The maximum atomic E-state index is 10.9. The Labute approximate surface area is 109 Å². The van der Waals surface area contributed by atoms with E-state index in [1.54, 1.807) is 17.0 Å². The Hall–Kier alpha value is -2.44. The minimum atomic E-state index is -0.797. The van der Waals surface area contributed by atoms with E-state index in [4.69, 9.17) is 5.11 Å². The van der Waals surface area contributed by atoms with E-state index < -0.39 is 11.9 Å². The topological polar surface area (TPSA) is 92.9 Å². The molecule has 0 aliphatic heterocycles. The molecule has 2 atom stereocenters. The highest BCUT2D eigenvalue weighted by Crippen LogP contribution is 2.24. The summed E-state index contributed by atoms with van der Waals surface area (Å²) in [6, 6.07) is -0.0283. The van der Waals surface area contributed by atoms with Gasteiger partial charge in [-0.25, -0.2) is 9.97 Å². The highest BCUT2D eigenvalue weighted by molar-refractivity contribution is 5.86. The zero-order valence-corrected chi connectivity index (χ0v) is 10.3. The van der Waals surface area contributed by atoms with Gasteiger partial charge in [-0.1, -0.05) is 12.2 Å². The lowest BCUT2D eigenvalue weighted by Gasteiger charge is -2.12. The molecule has 0 saturated heterocycles. The van der Waals surface area contributed by atoms with Crippen molar-refractivity contribution in [3.63, 3.8) is 0 Å². The van der Waals surface area contributed by atoms with E-state index in [2.05, 4.69) is 20.4 Å². The second-order valence-corrected chi connectivity index (χ2v) is 4.54. The number of aryl methyl sites for hydroxylation is 1. The maximum Gasteiger partial charge on any atom is 0.310 e. The minimum Gasteiger partial charge on any atom is -0.481 e. The van der Waals surface area contributed by atoms with Crippen molar-refractivity contribution >= 4 is 22.8 Å². The van der Waals surface area contributed by atoms with Crippen LogP contribution in [-0.2, 0) is 11.8 Å². The van der Waals surface area contributed by atoms with Crippen molar-refractivity contribution in [2.75, 3.05) is 5.32 Å². The van der Waals surface area contributed by atoms with Gasteiger partial charge in [0.25, 0.3) is 0 Å². The van der Waals surface area contributed by atoms with Crippen molar-refractivity contribution in [1.29, 1.82) is 0 Å². The Kier molecular flexibility index (Phi) is 2.66. The van der Waals surface area contributed by atoms with Gasteiger partial charge >= 0.3 is 5.97 Å². The molecule has 0 fully saturated rings. The van der Waals surface area contributed by atoms with Gasteiger partial charge in [-0.05, 0) is 6.42 Å². The highest BCUT2D eigenvalue weighted by Gasteiger charge is 2.25. The summed E-state index contributed by atoms with van der Waals surface area (Å²) in [5.41, 5.74) is 0.745. The number of nitrogens with one attached hydrogen (secondary N) is 1. The van der Waals surface area contributed by atoms with Crippen LogP contribution in [0.15, 0.2) is 24.7 Å². The first-order valence-corrected chi connectivity index (χ1v) is 5.95. The fraction of sp³-hybridized carbons (Fsp3) is 0.333. The third-order valence-electron chi connectivity index (χ3n) is 3.25. The third-order valence-corrected chi connectivity index (χ3v) is 3.25. The Balaban J connectivity index is 1.83. The number of anilines is 1. The largest absolute Gasteiger partial charge is 0.481 e. The van der Waals surface area contributed by atoms with Crippen LogP contribution in [0.5, 0.6) is 0 Å². The van der Waals surface area contributed by atoms with E-state index >= 15 is 0 Å². The summed E-state index contributed by atoms with van der Waals surface area (Å²) < 4.78 is 1.67. The van der Waals surface area contributed by atoms with Crippen molar-refractivity contribution in [3.05, 3.63) is 24.7 Å². The minimum absolute atomic E-state index is 0.0283. The number of nitrogens with zero attached hydrogens (tertiary/aromatic N) is 4. The molecule has 2 aromatic heterocycles. The molecule has 1 aliphatic rings. The van der Waals surface area contributed by atoms with Crippen LogP contribution in [-0.4, -0.2) is 36.9 Å². The zero-order valence-electron chi connectivity index (χ0n) is 10.3. The van der Waals surface area contributed by atoms with Gasteiger partial charge in [-0.15, -0.1) is 0 Å². The number of carboxylic acid groups (broad SMARTS) is 1. The fourth-order valence-electron chi connectivity index (χ4n) is 2.24.